The minimum atomic E-state index is -0.355. The maximum atomic E-state index is 14.2. The number of piperidine rings is 1. The van der Waals surface area contributed by atoms with Crippen molar-refractivity contribution in [2.75, 3.05) is 29.9 Å². The topological polar surface area (TPSA) is 35.6 Å². The highest BCUT2D eigenvalue weighted by atomic mass is 19.1. The molecule has 0 aromatic heterocycles. The average molecular weight is 448 g/mol. The van der Waals surface area contributed by atoms with Crippen LogP contribution >= 0.6 is 0 Å². The quantitative estimate of drug-likeness (QED) is 0.546. The van der Waals surface area contributed by atoms with Crippen LogP contribution in [-0.4, -0.2) is 30.6 Å². The van der Waals surface area contributed by atoms with Crippen LogP contribution in [0.15, 0.2) is 66.7 Å². The molecule has 5 rings (SSSR count). The molecule has 0 unspecified atom stereocenters. The highest BCUT2D eigenvalue weighted by molar-refractivity contribution is 6.03. The number of likely N-dealkylation sites (tertiary alicyclic amines) is 1. The third-order valence-corrected chi connectivity index (χ3v) is 6.96. The van der Waals surface area contributed by atoms with Gasteiger partial charge in [-0.2, -0.15) is 0 Å². The van der Waals surface area contributed by atoms with Gasteiger partial charge in [-0.1, -0.05) is 29.8 Å². The van der Waals surface area contributed by atoms with E-state index in [9.17, 15) is 13.6 Å². The van der Waals surface area contributed by atoms with Crippen LogP contribution in [0.5, 0.6) is 0 Å². The molecule has 2 aliphatic heterocycles. The van der Waals surface area contributed by atoms with Crippen LogP contribution in [-0.2, 0) is 12.0 Å². The van der Waals surface area contributed by atoms with Gasteiger partial charge in [-0.3, -0.25) is 9.80 Å². The second-order valence-electron chi connectivity index (χ2n) is 9.23. The van der Waals surface area contributed by atoms with E-state index in [1.165, 1.54) is 41.5 Å². The van der Waals surface area contributed by atoms with Crippen molar-refractivity contribution in [3.8, 4) is 0 Å². The lowest BCUT2D eigenvalue weighted by Gasteiger charge is -2.40. The first-order valence-electron chi connectivity index (χ1n) is 11.3. The summed E-state index contributed by atoms with van der Waals surface area (Å²) in [6.45, 7) is 5.26. The van der Waals surface area contributed by atoms with E-state index < -0.39 is 0 Å². The third-order valence-electron chi connectivity index (χ3n) is 6.96. The molecule has 33 heavy (non-hydrogen) atoms. The summed E-state index contributed by atoms with van der Waals surface area (Å²) in [5, 5.41) is 2.85. The van der Waals surface area contributed by atoms with Gasteiger partial charge in [0.05, 0.1) is 0 Å². The fourth-order valence-electron chi connectivity index (χ4n) is 5.07. The molecule has 1 N–H and O–H groups in total. The number of rotatable bonds is 3. The van der Waals surface area contributed by atoms with Crippen molar-refractivity contribution in [2.45, 2.75) is 31.7 Å². The van der Waals surface area contributed by atoms with E-state index in [1.54, 1.807) is 17.0 Å². The molecule has 2 aliphatic rings. The van der Waals surface area contributed by atoms with Crippen molar-refractivity contribution in [1.29, 1.82) is 0 Å². The molecule has 0 bridgehead atoms. The first kappa shape index (κ1) is 21.6. The molecule has 2 amide bonds. The van der Waals surface area contributed by atoms with Gasteiger partial charge in [0.2, 0.25) is 0 Å². The number of hydrogen-bond donors (Lipinski definition) is 1. The Morgan fingerprint density at radius 1 is 0.939 bits per heavy atom. The first-order chi connectivity index (χ1) is 15.9. The molecule has 6 heteroatoms. The molecule has 1 fully saturated rings. The SMILES string of the molecule is Cc1ccc(CN2CCC3(CC2)CN(C(=O)Nc2ccc(F)cc2)c2ccc(F)cc23)cc1. The Kier molecular flexibility index (Phi) is 5.62. The van der Waals surface area contributed by atoms with Gasteiger partial charge in [0.25, 0.3) is 0 Å². The monoisotopic (exact) mass is 447 g/mol. The number of hydrogen-bond acceptors (Lipinski definition) is 2. The summed E-state index contributed by atoms with van der Waals surface area (Å²) < 4.78 is 27.5. The highest BCUT2D eigenvalue weighted by Crippen LogP contribution is 2.47. The Morgan fingerprint density at radius 2 is 1.61 bits per heavy atom. The van der Waals surface area contributed by atoms with Gasteiger partial charge in [0, 0.05) is 29.9 Å². The van der Waals surface area contributed by atoms with Crippen molar-refractivity contribution in [3.05, 3.63) is 95.1 Å². The molecule has 4 nitrogen and oxygen atoms in total. The molecule has 3 aromatic rings. The molecule has 0 radical (unpaired) electrons. The van der Waals surface area contributed by atoms with E-state index in [1.807, 2.05) is 0 Å². The van der Waals surface area contributed by atoms with Gasteiger partial charge in [0.1, 0.15) is 11.6 Å². The van der Waals surface area contributed by atoms with E-state index in [0.29, 0.717) is 12.2 Å². The first-order valence-corrected chi connectivity index (χ1v) is 11.3. The molecule has 0 saturated carbocycles. The summed E-state index contributed by atoms with van der Waals surface area (Å²) in [6, 6.07) is 18.7. The Hall–Kier alpha value is -3.25. The van der Waals surface area contributed by atoms with E-state index in [-0.39, 0.29) is 23.1 Å². The van der Waals surface area contributed by atoms with E-state index in [0.717, 1.165) is 43.7 Å². The van der Waals surface area contributed by atoms with Crippen molar-refractivity contribution in [3.63, 3.8) is 0 Å². The summed E-state index contributed by atoms with van der Waals surface area (Å²) in [5.41, 5.74) is 4.46. The summed E-state index contributed by atoms with van der Waals surface area (Å²) in [5.74, 6) is -0.637. The number of halogens is 2. The zero-order valence-electron chi connectivity index (χ0n) is 18.7. The molecule has 1 spiro atoms. The average Bonchev–Trinajstić information content (AvgIpc) is 3.12. The normalized spacial score (nSPS) is 17.2. The largest absolute Gasteiger partial charge is 0.326 e. The predicted molar refractivity (Wildman–Crippen MR) is 127 cm³/mol. The van der Waals surface area contributed by atoms with Crippen LogP contribution in [0.1, 0.15) is 29.5 Å². The Balaban J connectivity index is 1.33. The molecule has 3 aromatic carbocycles. The van der Waals surface area contributed by atoms with Crippen molar-refractivity contribution >= 4 is 17.4 Å². The number of fused-ring (bicyclic) bond motifs is 2. The lowest BCUT2D eigenvalue weighted by atomic mass is 9.74. The number of anilines is 2. The van der Waals surface area contributed by atoms with Crippen LogP contribution in [0, 0.1) is 18.6 Å². The smallest absolute Gasteiger partial charge is 0.308 e. The lowest BCUT2D eigenvalue weighted by Crippen LogP contribution is -2.46. The molecular weight excluding hydrogens is 420 g/mol. The van der Waals surface area contributed by atoms with E-state index in [4.69, 9.17) is 0 Å². The van der Waals surface area contributed by atoms with Crippen molar-refractivity contribution < 1.29 is 13.6 Å². The van der Waals surface area contributed by atoms with Crippen molar-refractivity contribution in [2.24, 2.45) is 0 Å². The zero-order chi connectivity index (χ0) is 23.0. The molecular formula is C27H27F2N3O. The standard InChI is InChI=1S/C27H27F2N3O/c1-19-2-4-20(5-3-19)17-31-14-12-27(13-15-31)18-32(25-11-8-22(29)16-24(25)27)26(33)30-23-9-6-21(28)7-10-23/h2-11,16H,12-15,17-18H2,1H3,(H,30,33). The van der Waals surface area contributed by atoms with Gasteiger partial charge in [-0.05, 0) is 86.4 Å². The van der Waals surface area contributed by atoms with Crippen LogP contribution < -0.4 is 10.2 Å². The van der Waals surface area contributed by atoms with Gasteiger partial charge in [-0.15, -0.1) is 0 Å². The number of carbonyl (C=O) groups excluding carboxylic acids is 1. The molecule has 1 saturated heterocycles. The fraction of sp³-hybridized carbons (Fsp3) is 0.296. The minimum absolute atomic E-state index is 0.263. The second kappa shape index (κ2) is 8.60. The number of nitrogens with zero attached hydrogens (tertiary/aromatic N) is 2. The number of benzene rings is 3. The van der Waals surface area contributed by atoms with Crippen LogP contribution in [0.25, 0.3) is 0 Å². The lowest BCUT2D eigenvalue weighted by molar-refractivity contribution is 0.160. The molecule has 0 atom stereocenters. The van der Waals surface area contributed by atoms with Crippen LogP contribution in [0.2, 0.25) is 0 Å². The molecule has 0 aliphatic carbocycles. The molecule has 170 valence electrons. The predicted octanol–water partition coefficient (Wildman–Crippen LogP) is 5.86. The van der Waals surface area contributed by atoms with Gasteiger partial charge in [-0.25, -0.2) is 13.6 Å². The maximum absolute atomic E-state index is 14.2. The summed E-state index contributed by atoms with van der Waals surface area (Å²) in [4.78, 5) is 17.3. The summed E-state index contributed by atoms with van der Waals surface area (Å²) >= 11 is 0. The van der Waals surface area contributed by atoms with E-state index in [2.05, 4.69) is 41.4 Å². The third kappa shape index (κ3) is 4.35. The fourth-order valence-corrected chi connectivity index (χ4v) is 5.07. The van der Waals surface area contributed by atoms with Gasteiger partial charge in [0.15, 0.2) is 0 Å². The Bertz CT molecular complexity index is 1150. The zero-order valence-corrected chi connectivity index (χ0v) is 18.7. The highest BCUT2D eigenvalue weighted by Gasteiger charge is 2.46. The summed E-state index contributed by atoms with van der Waals surface area (Å²) in [6.07, 6.45) is 1.71. The molecule has 2 heterocycles. The summed E-state index contributed by atoms with van der Waals surface area (Å²) in [7, 11) is 0. The second-order valence-corrected chi connectivity index (χ2v) is 9.23. The number of amides is 2. The number of carbonyl (C=O) groups is 1. The van der Waals surface area contributed by atoms with Gasteiger partial charge >= 0.3 is 6.03 Å². The van der Waals surface area contributed by atoms with E-state index >= 15 is 0 Å². The number of nitrogens with one attached hydrogen (secondary N) is 1. The van der Waals surface area contributed by atoms with Gasteiger partial charge < -0.3 is 5.32 Å². The maximum Gasteiger partial charge on any atom is 0.326 e. The number of urea groups is 1. The van der Waals surface area contributed by atoms with Crippen LogP contribution in [0.4, 0.5) is 25.0 Å². The Morgan fingerprint density at radius 3 is 2.30 bits per heavy atom. The van der Waals surface area contributed by atoms with Crippen LogP contribution in [0.3, 0.4) is 0 Å². The minimum Gasteiger partial charge on any atom is -0.308 e. The Labute approximate surface area is 192 Å². The van der Waals surface area contributed by atoms with Crippen molar-refractivity contribution in [1.82, 2.24) is 4.90 Å². The number of aryl methyl sites for hydroxylation is 1.